The first-order chi connectivity index (χ1) is 14.1. The van der Waals surface area contributed by atoms with Crippen molar-refractivity contribution in [2.45, 2.75) is 19.3 Å². The Kier molecular flexibility index (Phi) is 5.70. The minimum absolute atomic E-state index is 0.00653. The van der Waals surface area contributed by atoms with Gasteiger partial charge in [-0.25, -0.2) is 0 Å². The van der Waals surface area contributed by atoms with Crippen LogP contribution in [0, 0.1) is 11.3 Å². The maximum atomic E-state index is 13.0. The van der Waals surface area contributed by atoms with Crippen LogP contribution in [-0.4, -0.2) is 30.0 Å². The summed E-state index contributed by atoms with van der Waals surface area (Å²) < 4.78 is 5.50. The van der Waals surface area contributed by atoms with E-state index in [4.69, 9.17) is 16.3 Å². The molecule has 1 fully saturated rings. The second-order valence-electron chi connectivity index (χ2n) is 6.81. The van der Waals surface area contributed by atoms with Crippen LogP contribution >= 0.6 is 23.4 Å². The number of nitrogens with zero attached hydrogens (tertiary/aromatic N) is 3. The largest absolute Gasteiger partial charge is 0.494 e. The number of benzene rings is 2. The predicted molar refractivity (Wildman–Crippen MR) is 116 cm³/mol. The summed E-state index contributed by atoms with van der Waals surface area (Å²) in [6.45, 7) is 3.00. The number of anilines is 1. The molecule has 0 aliphatic carbocycles. The van der Waals surface area contributed by atoms with E-state index in [1.165, 1.54) is 11.8 Å². The molecule has 7 heteroatoms. The summed E-state index contributed by atoms with van der Waals surface area (Å²) in [7, 11) is 0. The minimum atomic E-state index is -0.294. The van der Waals surface area contributed by atoms with E-state index in [-0.39, 0.29) is 18.2 Å². The number of ether oxygens (including phenoxy) is 1. The molecule has 0 bridgehead atoms. The lowest BCUT2D eigenvalue weighted by molar-refractivity contribution is -0.129. The number of thioether (sulfide) groups is 1. The van der Waals surface area contributed by atoms with E-state index in [0.29, 0.717) is 29.7 Å². The summed E-state index contributed by atoms with van der Waals surface area (Å²) in [6, 6.07) is 17.6. The van der Waals surface area contributed by atoms with Crippen molar-refractivity contribution < 1.29 is 9.53 Å². The molecule has 5 nitrogen and oxygen atoms in total. The maximum Gasteiger partial charge on any atom is 0.229 e. The van der Waals surface area contributed by atoms with Crippen LogP contribution in [0.1, 0.15) is 24.8 Å². The highest BCUT2D eigenvalue weighted by Gasteiger charge is 2.38. The van der Waals surface area contributed by atoms with Gasteiger partial charge in [0.1, 0.15) is 5.75 Å². The van der Waals surface area contributed by atoms with E-state index in [1.807, 2.05) is 49.4 Å². The van der Waals surface area contributed by atoms with Gasteiger partial charge < -0.3 is 9.64 Å². The van der Waals surface area contributed by atoms with Crippen LogP contribution in [0.15, 0.2) is 59.1 Å². The Morgan fingerprint density at radius 2 is 2.00 bits per heavy atom. The third-order valence-electron chi connectivity index (χ3n) is 5.09. The molecular formula is C22H20ClN3O2S. The van der Waals surface area contributed by atoms with Gasteiger partial charge in [-0.15, -0.1) is 0 Å². The van der Waals surface area contributed by atoms with Crippen molar-refractivity contribution in [3.8, 4) is 11.8 Å². The molecule has 0 N–H and O–H groups in total. The van der Waals surface area contributed by atoms with Gasteiger partial charge in [-0.2, -0.15) is 5.26 Å². The molecule has 0 unspecified atom stereocenters. The van der Waals surface area contributed by atoms with Gasteiger partial charge in [0.05, 0.1) is 35.8 Å². The fourth-order valence-corrected chi connectivity index (χ4v) is 5.10. The molecule has 29 heavy (non-hydrogen) atoms. The van der Waals surface area contributed by atoms with Gasteiger partial charge in [-0.05, 0) is 42.8 Å². The number of carbonyl (C=O) groups is 1. The molecule has 148 valence electrons. The molecule has 2 aromatic carbocycles. The van der Waals surface area contributed by atoms with Crippen molar-refractivity contribution in [1.29, 1.82) is 5.26 Å². The number of hydrogen-bond donors (Lipinski definition) is 0. The number of halogens is 1. The summed E-state index contributed by atoms with van der Waals surface area (Å²) in [5, 5.41) is 11.2. The number of carbonyl (C=O) groups excluding carboxylic acids is 1. The van der Waals surface area contributed by atoms with Gasteiger partial charge in [0, 0.05) is 23.0 Å². The van der Waals surface area contributed by atoms with Crippen LogP contribution in [0.2, 0.25) is 5.02 Å². The van der Waals surface area contributed by atoms with Gasteiger partial charge in [-0.1, -0.05) is 41.6 Å². The number of hydrogen-bond acceptors (Lipinski definition) is 5. The molecule has 1 saturated heterocycles. The molecule has 1 amide bonds. The van der Waals surface area contributed by atoms with Crippen LogP contribution < -0.4 is 9.64 Å². The van der Waals surface area contributed by atoms with E-state index in [1.54, 1.807) is 11.0 Å². The smallest absolute Gasteiger partial charge is 0.229 e. The maximum absolute atomic E-state index is 13.0. The highest BCUT2D eigenvalue weighted by molar-refractivity contribution is 8.03. The molecular weight excluding hydrogens is 406 g/mol. The zero-order valence-corrected chi connectivity index (χ0v) is 17.5. The summed E-state index contributed by atoms with van der Waals surface area (Å²) in [5.41, 5.74) is 2.47. The first-order valence-electron chi connectivity index (χ1n) is 9.42. The zero-order valence-electron chi connectivity index (χ0n) is 16.0. The molecule has 0 spiro atoms. The Hall–Kier alpha value is -2.62. The van der Waals surface area contributed by atoms with Crippen molar-refractivity contribution in [3.63, 3.8) is 0 Å². The predicted octanol–water partition coefficient (Wildman–Crippen LogP) is 4.96. The quantitative estimate of drug-likeness (QED) is 0.693. The van der Waals surface area contributed by atoms with Gasteiger partial charge >= 0.3 is 0 Å². The van der Waals surface area contributed by atoms with E-state index in [9.17, 15) is 10.1 Å². The van der Waals surface area contributed by atoms with Crippen LogP contribution in [0.25, 0.3) is 0 Å². The fourth-order valence-electron chi connectivity index (χ4n) is 3.67. The number of rotatable bonds is 4. The highest BCUT2D eigenvalue weighted by atomic mass is 35.5. The van der Waals surface area contributed by atoms with Gasteiger partial charge in [0.2, 0.25) is 5.91 Å². The van der Waals surface area contributed by atoms with Crippen molar-refractivity contribution in [1.82, 2.24) is 4.90 Å². The van der Waals surface area contributed by atoms with Crippen LogP contribution in [0.3, 0.4) is 0 Å². The molecule has 2 aliphatic rings. The average Bonchev–Trinajstić information content (AvgIpc) is 2.75. The summed E-state index contributed by atoms with van der Waals surface area (Å²) >= 11 is 7.88. The van der Waals surface area contributed by atoms with Crippen molar-refractivity contribution in [2.75, 3.05) is 24.1 Å². The topological polar surface area (TPSA) is 56.6 Å². The van der Waals surface area contributed by atoms with E-state index in [2.05, 4.69) is 11.0 Å². The number of amides is 1. The first kappa shape index (κ1) is 19.7. The van der Waals surface area contributed by atoms with E-state index >= 15 is 0 Å². The molecule has 0 radical (unpaired) electrons. The third-order valence-corrected chi connectivity index (χ3v) is 6.59. The summed E-state index contributed by atoms with van der Waals surface area (Å²) in [6.07, 6.45) is 0.244. The Balaban J connectivity index is 1.61. The molecule has 2 heterocycles. The molecule has 2 aromatic rings. The van der Waals surface area contributed by atoms with Crippen LogP contribution in [0.4, 0.5) is 5.69 Å². The van der Waals surface area contributed by atoms with Gasteiger partial charge in [-0.3, -0.25) is 9.69 Å². The standard InChI is InChI=1S/C22H20ClN3O2S/c1-2-28-16-9-7-15(8-10-16)25-13-26-21(27)11-18(17-5-3-4-6-20(17)23)19(12-24)22(26)29-14-25/h3-10,18H,2,11,13-14H2,1H3/t18-/m0/s1. The Morgan fingerprint density at radius 1 is 1.24 bits per heavy atom. The normalized spacial score (nSPS) is 19.1. The Labute approximate surface area is 179 Å². The van der Waals surface area contributed by atoms with Gasteiger partial charge in [0.25, 0.3) is 0 Å². The summed E-state index contributed by atoms with van der Waals surface area (Å²) in [5.74, 6) is 1.20. The SMILES string of the molecule is CCOc1ccc(N2CSC3=C(C#N)[C@H](c4ccccc4Cl)CC(=O)N3C2)cc1. The van der Waals surface area contributed by atoms with E-state index < -0.39 is 0 Å². The average molecular weight is 426 g/mol. The minimum Gasteiger partial charge on any atom is -0.494 e. The van der Waals surface area contributed by atoms with E-state index in [0.717, 1.165) is 22.0 Å². The molecule has 0 saturated carbocycles. The van der Waals surface area contributed by atoms with Gasteiger partial charge in [0.15, 0.2) is 0 Å². The molecule has 1 atom stereocenters. The lowest BCUT2D eigenvalue weighted by atomic mass is 9.86. The Morgan fingerprint density at radius 3 is 2.69 bits per heavy atom. The lowest BCUT2D eigenvalue weighted by Gasteiger charge is -2.42. The molecule has 2 aliphatic heterocycles. The van der Waals surface area contributed by atoms with Crippen molar-refractivity contribution in [3.05, 3.63) is 69.7 Å². The Bertz CT molecular complexity index is 1000. The highest BCUT2D eigenvalue weighted by Crippen LogP contribution is 2.44. The second kappa shape index (κ2) is 8.40. The zero-order chi connectivity index (χ0) is 20.4. The molecule has 0 aromatic heterocycles. The summed E-state index contributed by atoms with van der Waals surface area (Å²) in [4.78, 5) is 16.8. The molecule has 4 rings (SSSR count). The van der Waals surface area contributed by atoms with Crippen LogP contribution in [-0.2, 0) is 4.79 Å². The monoisotopic (exact) mass is 425 g/mol. The number of nitriles is 1. The third kappa shape index (κ3) is 3.81. The number of allylic oxidation sites excluding steroid dienone is 1. The fraction of sp³-hybridized carbons (Fsp3) is 0.273. The second-order valence-corrected chi connectivity index (χ2v) is 8.15. The number of fused-ring (bicyclic) bond motifs is 1. The van der Waals surface area contributed by atoms with Crippen molar-refractivity contribution in [2.24, 2.45) is 0 Å². The first-order valence-corrected chi connectivity index (χ1v) is 10.8. The van der Waals surface area contributed by atoms with Crippen molar-refractivity contribution >= 4 is 35.0 Å². The lowest BCUT2D eigenvalue weighted by Crippen LogP contribution is -2.47. The van der Waals surface area contributed by atoms with Crippen LogP contribution in [0.5, 0.6) is 5.75 Å².